The second-order valence-corrected chi connectivity index (χ2v) is 3.61. The topological polar surface area (TPSA) is 41.5 Å². The average Bonchev–Trinajstić information content (AvgIpc) is 2.38. The number of ketones is 1. The van der Waals surface area contributed by atoms with Crippen LogP contribution in [0.25, 0.3) is 0 Å². The van der Waals surface area contributed by atoms with E-state index >= 15 is 0 Å². The number of nitrogens with one attached hydrogen (secondary N) is 1. The van der Waals surface area contributed by atoms with Gasteiger partial charge in [0, 0.05) is 11.9 Å². The van der Waals surface area contributed by atoms with E-state index in [9.17, 15) is 9.18 Å². The van der Waals surface area contributed by atoms with Gasteiger partial charge < -0.3 is 5.32 Å². The van der Waals surface area contributed by atoms with Crippen LogP contribution in [0.15, 0.2) is 34.5 Å². The number of fused-ring (bicyclic) bond motifs is 1. The number of carbonyl (C=O) groups is 1. The van der Waals surface area contributed by atoms with E-state index in [1.54, 1.807) is 19.1 Å². The summed E-state index contributed by atoms with van der Waals surface area (Å²) in [6.07, 6.45) is 1.47. The second-order valence-electron chi connectivity index (χ2n) is 3.61. The molecule has 1 N–H and O–H groups in total. The fourth-order valence-corrected chi connectivity index (χ4v) is 1.58. The lowest BCUT2D eigenvalue weighted by atomic mass is 10.1. The molecule has 0 spiro atoms. The Balaban J connectivity index is 2.56. The molecule has 0 radical (unpaired) electrons. The van der Waals surface area contributed by atoms with E-state index in [0.717, 1.165) is 0 Å². The molecular formula is C12H11FN2O. The van der Waals surface area contributed by atoms with Gasteiger partial charge in [0.15, 0.2) is 5.78 Å². The average molecular weight is 218 g/mol. The van der Waals surface area contributed by atoms with Crippen LogP contribution in [-0.2, 0) is 4.79 Å². The third kappa shape index (κ3) is 1.74. The van der Waals surface area contributed by atoms with Gasteiger partial charge in [-0.25, -0.2) is 4.39 Å². The molecule has 0 saturated carbocycles. The van der Waals surface area contributed by atoms with Crippen molar-refractivity contribution in [1.82, 2.24) is 0 Å². The third-order valence-electron chi connectivity index (χ3n) is 2.42. The lowest BCUT2D eigenvalue weighted by Gasteiger charge is -2.09. The van der Waals surface area contributed by atoms with Crippen molar-refractivity contribution in [2.45, 2.75) is 13.8 Å². The van der Waals surface area contributed by atoms with Crippen molar-refractivity contribution in [3.8, 4) is 0 Å². The Morgan fingerprint density at radius 3 is 2.88 bits per heavy atom. The molecule has 0 saturated heterocycles. The number of hydrogen-bond donors (Lipinski definition) is 1. The molecule has 82 valence electrons. The van der Waals surface area contributed by atoms with Gasteiger partial charge in [-0.15, -0.1) is 0 Å². The monoisotopic (exact) mass is 218 g/mol. The zero-order valence-corrected chi connectivity index (χ0v) is 9.04. The quantitative estimate of drug-likeness (QED) is 0.787. The first-order chi connectivity index (χ1) is 7.59. The van der Waals surface area contributed by atoms with Crippen LogP contribution >= 0.6 is 0 Å². The molecule has 0 atom stereocenters. The summed E-state index contributed by atoms with van der Waals surface area (Å²) in [7, 11) is 0. The zero-order chi connectivity index (χ0) is 11.7. The van der Waals surface area contributed by atoms with E-state index in [1.165, 1.54) is 19.2 Å². The standard InChI is InChI=1S/C12H11FN2O/c1-7-9(8(2)16)6-14-11-5-3-4-10(13)12(11)15-7/h3-6,15H,1-2H3. The van der Waals surface area contributed by atoms with Gasteiger partial charge in [0.05, 0.1) is 11.3 Å². The van der Waals surface area contributed by atoms with Crippen LogP contribution in [0.3, 0.4) is 0 Å². The molecular weight excluding hydrogens is 207 g/mol. The maximum Gasteiger partial charge on any atom is 0.163 e. The molecule has 4 heteroatoms. The summed E-state index contributed by atoms with van der Waals surface area (Å²) in [5, 5.41) is 2.88. The third-order valence-corrected chi connectivity index (χ3v) is 2.42. The predicted octanol–water partition coefficient (Wildman–Crippen LogP) is 2.82. The van der Waals surface area contributed by atoms with Crippen molar-refractivity contribution in [3.05, 3.63) is 35.3 Å². The Morgan fingerprint density at radius 2 is 2.19 bits per heavy atom. The molecule has 16 heavy (non-hydrogen) atoms. The van der Waals surface area contributed by atoms with E-state index in [1.807, 2.05) is 0 Å². The first-order valence-electron chi connectivity index (χ1n) is 4.91. The molecule has 1 heterocycles. The molecule has 0 amide bonds. The molecule has 1 aromatic carbocycles. The number of aliphatic imine (C=N–C) groups is 1. The number of rotatable bonds is 1. The minimum atomic E-state index is -0.376. The molecule has 1 aliphatic heterocycles. The molecule has 2 rings (SSSR count). The van der Waals surface area contributed by atoms with Gasteiger partial charge in [-0.05, 0) is 26.0 Å². The Labute approximate surface area is 92.7 Å². The van der Waals surface area contributed by atoms with Gasteiger partial charge >= 0.3 is 0 Å². The predicted molar refractivity (Wildman–Crippen MR) is 61.6 cm³/mol. The van der Waals surface area contributed by atoms with Gasteiger partial charge in [-0.2, -0.15) is 0 Å². The maximum absolute atomic E-state index is 13.5. The van der Waals surface area contributed by atoms with E-state index in [2.05, 4.69) is 10.3 Å². The minimum absolute atomic E-state index is 0.0954. The molecule has 0 aliphatic carbocycles. The van der Waals surface area contributed by atoms with Crippen LogP contribution in [0.1, 0.15) is 13.8 Å². The highest BCUT2D eigenvalue weighted by Crippen LogP contribution is 2.31. The van der Waals surface area contributed by atoms with Crippen molar-refractivity contribution in [2.75, 3.05) is 5.32 Å². The summed E-state index contributed by atoms with van der Waals surface area (Å²) >= 11 is 0. The van der Waals surface area contributed by atoms with Crippen LogP contribution in [-0.4, -0.2) is 12.0 Å². The largest absolute Gasteiger partial charge is 0.354 e. The summed E-state index contributed by atoms with van der Waals surface area (Å²) in [6.45, 7) is 3.18. The van der Waals surface area contributed by atoms with Crippen molar-refractivity contribution in [2.24, 2.45) is 4.99 Å². The van der Waals surface area contributed by atoms with Crippen LogP contribution < -0.4 is 5.32 Å². The molecule has 1 aromatic rings. The number of Topliss-reactive ketones (excluding diaryl/α,β-unsaturated/α-hetero) is 1. The number of nitrogens with zero attached hydrogens (tertiary/aromatic N) is 1. The lowest BCUT2D eigenvalue weighted by molar-refractivity contribution is -0.113. The fourth-order valence-electron chi connectivity index (χ4n) is 1.58. The summed E-state index contributed by atoms with van der Waals surface area (Å²) in [4.78, 5) is 15.4. The van der Waals surface area contributed by atoms with E-state index in [4.69, 9.17) is 0 Å². The van der Waals surface area contributed by atoms with E-state index in [-0.39, 0.29) is 11.6 Å². The fraction of sp³-hybridized carbons (Fsp3) is 0.167. The highest BCUT2D eigenvalue weighted by Gasteiger charge is 2.14. The number of para-hydroxylation sites is 1. The Kier molecular flexibility index (Phi) is 2.56. The number of allylic oxidation sites excluding steroid dienone is 2. The summed E-state index contributed by atoms with van der Waals surface area (Å²) in [6, 6.07) is 4.63. The number of benzene rings is 1. The normalized spacial score (nSPS) is 14.2. The zero-order valence-electron chi connectivity index (χ0n) is 9.04. The highest BCUT2D eigenvalue weighted by atomic mass is 19.1. The van der Waals surface area contributed by atoms with Gasteiger partial charge in [0.2, 0.25) is 0 Å². The molecule has 0 bridgehead atoms. The molecule has 3 nitrogen and oxygen atoms in total. The van der Waals surface area contributed by atoms with E-state index in [0.29, 0.717) is 22.6 Å². The van der Waals surface area contributed by atoms with Gasteiger partial charge in [-0.1, -0.05) is 6.07 Å². The van der Waals surface area contributed by atoms with Crippen molar-refractivity contribution in [3.63, 3.8) is 0 Å². The Hall–Kier alpha value is -1.97. The van der Waals surface area contributed by atoms with E-state index < -0.39 is 0 Å². The van der Waals surface area contributed by atoms with Gasteiger partial charge in [-0.3, -0.25) is 9.79 Å². The van der Waals surface area contributed by atoms with Gasteiger partial charge in [0.1, 0.15) is 11.5 Å². The first-order valence-corrected chi connectivity index (χ1v) is 4.91. The summed E-state index contributed by atoms with van der Waals surface area (Å²) < 4.78 is 13.5. The molecule has 0 fully saturated rings. The Bertz CT molecular complexity index is 518. The number of hydrogen-bond acceptors (Lipinski definition) is 3. The van der Waals surface area contributed by atoms with Crippen molar-refractivity contribution in [1.29, 1.82) is 0 Å². The van der Waals surface area contributed by atoms with Crippen LogP contribution in [0, 0.1) is 5.82 Å². The van der Waals surface area contributed by atoms with Gasteiger partial charge in [0.25, 0.3) is 0 Å². The summed E-state index contributed by atoms with van der Waals surface area (Å²) in [5.74, 6) is -0.472. The second kappa shape index (κ2) is 3.89. The SMILES string of the molecule is CC(=O)C1=C(C)Nc2c(F)cccc2N=C1. The lowest BCUT2D eigenvalue weighted by Crippen LogP contribution is -2.06. The van der Waals surface area contributed by atoms with Crippen LogP contribution in [0.4, 0.5) is 15.8 Å². The minimum Gasteiger partial charge on any atom is -0.354 e. The maximum atomic E-state index is 13.5. The highest BCUT2D eigenvalue weighted by molar-refractivity contribution is 6.14. The number of anilines is 1. The summed E-state index contributed by atoms with van der Waals surface area (Å²) in [5.41, 5.74) is 1.89. The smallest absolute Gasteiger partial charge is 0.163 e. The van der Waals surface area contributed by atoms with Crippen molar-refractivity contribution < 1.29 is 9.18 Å². The van der Waals surface area contributed by atoms with Crippen LogP contribution in [0.5, 0.6) is 0 Å². The Morgan fingerprint density at radius 1 is 1.44 bits per heavy atom. The number of carbonyl (C=O) groups excluding carboxylic acids is 1. The van der Waals surface area contributed by atoms with Crippen molar-refractivity contribution >= 4 is 23.4 Å². The molecule has 0 aromatic heterocycles. The first kappa shape index (κ1) is 10.5. The van der Waals surface area contributed by atoms with Crippen LogP contribution in [0.2, 0.25) is 0 Å². The molecule has 0 unspecified atom stereocenters. The number of halogens is 1. The molecule has 1 aliphatic rings.